The average Bonchev–Trinajstić information content (AvgIpc) is 1.85. The van der Waals surface area contributed by atoms with Gasteiger partial charge >= 0.3 is 18.1 Å². The van der Waals surface area contributed by atoms with Crippen LogP contribution in [-0.4, -0.2) is 29.8 Å². The Morgan fingerprint density at radius 1 is 1.27 bits per heavy atom. The van der Waals surface area contributed by atoms with Crippen LogP contribution in [0.4, 0.5) is 4.79 Å². The number of esters is 2. The Morgan fingerprint density at radius 2 is 1.82 bits per heavy atom. The molecule has 0 aliphatic rings. The zero-order valence-corrected chi connectivity index (χ0v) is 5.70. The van der Waals surface area contributed by atoms with E-state index in [1.165, 1.54) is 0 Å². The molecule has 0 fully saturated rings. The van der Waals surface area contributed by atoms with Crippen molar-refractivity contribution in [1.82, 2.24) is 0 Å². The normalized spacial score (nSPS) is 8.55. The van der Waals surface area contributed by atoms with Gasteiger partial charge in [-0.2, -0.15) is 0 Å². The molecule has 0 aromatic carbocycles. The average molecular weight is 162 g/mol. The Labute approximate surface area is 61.7 Å². The predicted molar refractivity (Wildman–Crippen MR) is 30.3 cm³/mol. The Morgan fingerprint density at radius 3 is 2.18 bits per heavy atom. The van der Waals surface area contributed by atoms with Gasteiger partial charge in [-0.25, -0.2) is 9.59 Å². The van der Waals surface area contributed by atoms with Crippen molar-refractivity contribution in [2.45, 2.75) is 6.92 Å². The zero-order chi connectivity index (χ0) is 8.85. The molecule has 0 heterocycles. The van der Waals surface area contributed by atoms with Crippen molar-refractivity contribution >= 4 is 18.1 Å². The molecule has 0 aromatic rings. The van der Waals surface area contributed by atoms with Gasteiger partial charge < -0.3 is 14.6 Å². The molecule has 6 heteroatoms. The molecule has 0 radical (unpaired) electrons. The number of carbonyl (C=O) groups excluding carboxylic acids is 3. The van der Waals surface area contributed by atoms with Crippen molar-refractivity contribution in [3.63, 3.8) is 0 Å². The first kappa shape index (κ1) is 9.57. The highest BCUT2D eigenvalue weighted by Gasteiger charge is 2.11. The molecular formula is C5H6O6. The lowest BCUT2D eigenvalue weighted by Crippen LogP contribution is -2.18. The molecule has 0 atom stereocenters. The Balaban J connectivity index is 3.70. The second kappa shape index (κ2) is 4.40. The summed E-state index contributed by atoms with van der Waals surface area (Å²) in [6.07, 6.45) is -1.43. The second-order valence-corrected chi connectivity index (χ2v) is 1.48. The first-order chi connectivity index (χ1) is 5.06. The molecule has 0 unspecified atom stereocenters. The zero-order valence-electron chi connectivity index (χ0n) is 5.70. The van der Waals surface area contributed by atoms with Crippen molar-refractivity contribution in [3.05, 3.63) is 0 Å². The van der Waals surface area contributed by atoms with Gasteiger partial charge in [0.1, 0.15) is 6.61 Å². The minimum absolute atomic E-state index is 0.888. The largest absolute Gasteiger partial charge is 0.524 e. The van der Waals surface area contributed by atoms with Crippen molar-refractivity contribution < 1.29 is 29.0 Å². The van der Waals surface area contributed by atoms with Crippen LogP contribution in [-0.2, 0) is 19.1 Å². The van der Waals surface area contributed by atoms with Gasteiger partial charge in [-0.05, 0) is 0 Å². The van der Waals surface area contributed by atoms with Crippen LogP contribution in [0.1, 0.15) is 6.92 Å². The summed E-state index contributed by atoms with van der Waals surface area (Å²) in [6.45, 7) is 0.0394. The van der Waals surface area contributed by atoms with Gasteiger partial charge in [0.25, 0.3) is 0 Å². The quantitative estimate of drug-likeness (QED) is 0.401. The van der Waals surface area contributed by atoms with Gasteiger partial charge in [0, 0.05) is 6.92 Å². The summed E-state index contributed by atoms with van der Waals surface area (Å²) >= 11 is 0. The maximum absolute atomic E-state index is 10.2. The van der Waals surface area contributed by atoms with Crippen molar-refractivity contribution in [2.24, 2.45) is 0 Å². The lowest BCUT2D eigenvalue weighted by Gasteiger charge is -1.97. The Bertz CT molecular complexity index is 183. The molecule has 0 rings (SSSR count). The lowest BCUT2D eigenvalue weighted by molar-refractivity contribution is -0.147. The third kappa shape index (κ3) is 5.04. The summed E-state index contributed by atoms with van der Waals surface area (Å²) in [4.78, 5) is 30.4. The van der Waals surface area contributed by atoms with Gasteiger partial charge in [0.2, 0.25) is 0 Å². The highest BCUT2D eigenvalue weighted by Crippen LogP contribution is 1.86. The first-order valence-electron chi connectivity index (χ1n) is 2.60. The van der Waals surface area contributed by atoms with E-state index < -0.39 is 24.7 Å². The summed E-state index contributed by atoms with van der Waals surface area (Å²) in [5, 5.41) is 8.05. The number of rotatable bonds is 1. The molecule has 0 amide bonds. The van der Waals surface area contributed by atoms with Crippen LogP contribution in [0.5, 0.6) is 0 Å². The monoisotopic (exact) mass is 162 g/mol. The van der Waals surface area contributed by atoms with E-state index in [0.29, 0.717) is 0 Å². The third-order valence-electron chi connectivity index (χ3n) is 0.553. The molecule has 0 bridgehead atoms. The van der Waals surface area contributed by atoms with Crippen LogP contribution in [0.3, 0.4) is 0 Å². The summed E-state index contributed by atoms with van der Waals surface area (Å²) < 4.78 is 7.53. The molecule has 1 N–H and O–H groups in total. The molecule has 11 heavy (non-hydrogen) atoms. The SMILES string of the molecule is CC(=O)OC(=O)OC(=O)CO. The van der Waals surface area contributed by atoms with E-state index in [0.717, 1.165) is 6.92 Å². The topological polar surface area (TPSA) is 89.9 Å². The number of hydrogen-bond donors (Lipinski definition) is 1. The van der Waals surface area contributed by atoms with Gasteiger partial charge in [-0.3, -0.25) is 4.79 Å². The molecule has 0 aromatic heterocycles. The van der Waals surface area contributed by atoms with E-state index in [9.17, 15) is 14.4 Å². The van der Waals surface area contributed by atoms with Crippen LogP contribution < -0.4 is 0 Å². The van der Waals surface area contributed by atoms with E-state index in [1.807, 2.05) is 0 Å². The summed E-state index contributed by atoms with van der Waals surface area (Å²) in [7, 11) is 0. The smallest absolute Gasteiger partial charge is 0.385 e. The van der Waals surface area contributed by atoms with Crippen LogP contribution in [0.2, 0.25) is 0 Å². The minimum atomic E-state index is -1.43. The number of aliphatic hydroxyl groups is 1. The molecule has 62 valence electrons. The van der Waals surface area contributed by atoms with Gasteiger partial charge in [-0.1, -0.05) is 0 Å². The fourth-order valence-electron chi connectivity index (χ4n) is 0.263. The molecule has 0 aliphatic carbocycles. The van der Waals surface area contributed by atoms with Crippen LogP contribution in [0.15, 0.2) is 0 Å². The lowest BCUT2D eigenvalue weighted by atomic mass is 10.7. The Kier molecular flexibility index (Phi) is 3.82. The number of aliphatic hydroxyl groups excluding tert-OH is 1. The highest BCUT2D eigenvalue weighted by molar-refractivity contribution is 5.87. The highest BCUT2D eigenvalue weighted by atomic mass is 16.8. The predicted octanol–water partition coefficient (Wildman–Crippen LogP) is -0.795. The number of hydrogen-bond acceptors (Lipinski definition) is 6. The van der Waals surface area contributed by atoms with Gasteiger partial charge in [0.05, 0.1) is 0 Å². The van der Waals surface area contributed by atoms with Crippen molar-refractivity contribution in [3.8, 4) is 0 Å². The first-order valence-corrected chi connectivity index (χ1v) is 2.60. The van der Waals surface area contributed by atoms with Gasteiger partial charge in [0.15, 0.2) is 0 Å². The van der Waals surface area contributed by atoms with Crippen molar-refractivity contribution in [1.29, 1.82) is 0 Å². The van der Waals surface area contributed by atoms with E-state index >= 15 is 0 Å². The Hall–Kier alpha value is -1.43. The van der Waals surface area contributed by atoms with E-state index in [2.05, 4.69) is 9.47 Å². The molecular weight excluding hydrogens is 156 g/mol. The molecule has 6 nitrogen and oxygen atoms in total. The second-order valence-electron chi connectivity index (χ2n) is 1.48. The maximum atomic E-state index is 10.2. The minimum Gasteiger partial charge on any atom is -0.385 e. The van der Waals surface area contributed by atoms with Crippen molar-refractivity contribution in [2.75, 3.05) is 6.61 Å². The van der Waals surface area contributed by atoms with E-state index in [-0.39, 0.29) is 0 Å². The number of carbonyl (C=O) groups is 3. The van der Waals surface area contributed by atoms with Crippen LogP contribution in [0.25, 0.3) is 0 Å². The standard InChI is InChI=1S/C5H6O6/c1-3(7)10-5(9)11-4(8)2-6/h6H,2H2,1H3. The van der Waals surface area contributed by atoms with Gasteiger partial charge in [-0.15, -0.1) is 0 Å². The van der Waals surface area contributed by atoms with Crippen LogP contribution in [0, 0.1) is 0 Å². The molecule has 0 saturated carbocycles. The molecule has 0 spiro atoms. The molecule has 0 saturated heterocycles. The fourth-order valence-corrected chi connectivity index (χ4v) is 0.263. The summed E-state index contributed by atoms with van der Waals surface area (Å²) in [6, 6.07) is 0. The molecule has 0 aliphatic heterocycles. The summed E-state index contributed by atoms with van der Waals surface area (Å²) in [5.74, 6) is -2.06. The third-order valence-corrected chi connectivity index (χ3v) is 0.553. The van der Waals surface area contributed by atoms with E-state index in [4.69, 9.17) is 5.11 Å². The summed E-state index contributed by atoms with van der Waals surface area (Å²) in [5.41, 5.74) is 0. The van der Waals surface area contributed by atoms with Crippen LogP contribution >= 0.6 is 0 Å². The maximum Gasteiger partial charge on any atom is 0.524 e. The fraction of sp³-hybridized carbons (Fsp3) is 0.400. The van der Waals surface area contributed by atoms with E-state index in [1.54, 1.807) is 0 Å². The number of ether oxygens (including phenoxy) is 2.